The van der Waals surface area contributed by atoms with Gasteiger partial charge in [-0.3, -0.25) is 9.89 Å². The summed E-state index contributed by atoms with van der Waals surface area (Å²) in [6, 6.07) is 18.5. The highest BCUT2D eigenvalue weighted by Crippen LogP contribution is 2.44. The first kappa shape index (κ1) is 17.3. The number of rotatable bonds is 4. The third-order valence-corrected chi connectivity index (χ3v) is 5.32. The van der Waals surface area contributed by atoms with Gasteiger partial charge in [0.1, 0.15) is 22.9 Å². The van der Waals surface area contributed by atoms with E-state index in [9.17, 15) is 9.90 Å². The first-order valence-electron chi connectivity index (χ1n) is 9.40. The highest BCUT2D eigenvalue weighted by atomic mass is 16.3. The number of H-pyrrole nitrogens is 1. The molecule has 6 nitrogen and oxygen atoms in total. The Morgan fingerprint density at radius 1 is 1.10 bits per heavy atom. The molecular weight excluding hydrogens is 366 g/mol. The summed E-state index contributed by atoms with van der Waals surface area (Å²) >= 11 is 0. The van der Waals surface area contributed by atoms with Gasteiger partial charge in [-0.15, -0.1) is 0 Å². The highest BCUT2D eigenvalue weighted by molar-refractivity contribution is 6.00. The summed E-state index contributed by atoms with van der Waals surface area (Å²) in [5.41, 5.74) is 4.51. The van der Waals surface area contributed by atoms with E-state index in [1.807, 2.05) is 49.4 Å². The first-order valence-corrected chi connectivity index (χ1v) is 9.40. The van der Waals surface area contributed by atoms with Gasteiger partial charge in [-0.2, -0.15) is 5.10 Å². The molecule has 1 atom stereocenters. The van der Waals surface area contributed by atoms with Gasteiger partial charge >= 0.3 is 0 Å². The summed E-state index contributed by atoms with van der Waals surface area (Å²) in [6.07, 6.45) is 1.60. The molecule has 4 aromatic rings. The van der Waals surface area contributed by atoms with Gasteiger partial charge in [-0.05, 0) is 36.8 Å². The summed E-state index contributed by atoms with van der Waals surface area (Å²) in [7, 11) is 0. The first-order chi connectivity index (χ1) is 14.1. The van der Waals surface area contributed by atoms with Crippen molar-refractivity contribution in [2.75, 3.05) is 0 Å². The molecule has 0 bridgehead atoms. The van der Waals surface area contributed by atoms with Gasteiger partial charge in [-0.1, -0.05) is 42.0 Å². The molecular formula is C23H19N3O3. The topological polar surface area (TPSA) is 82.4 Å². The highest BCUT2D eigenvalue weighted by Gasteiger charge is 2.42. The zero-order valence-corrected chi connectivity index (χ0v) is 15.8. The van der Waals surface area contributed by atoms with Gasteiger partial charge in [0.25, 0.3) is 5.91 Å². The zero-order chi connectivity index (χ0) is 20.0. The van der Waals surface area contributed by atoms with Crippen LogP contribution in [0.3, 0.4) is 0 Å². The summed E-state index contributed by atoms with van der Waals surface area (Å²) < 4.78 is 5.50. The van der Waals surface area contributed by atoms with Crippen LogP contribution in [-0.4, -0.2) is 26.1 Å². The number of nitrogens with zero attached hydrogens (tertiary/aromatic N) is 2. The van der Waals surface area contributed by atoms with E-state index in [2.05, 4.69) is 10.2 Å². The third-order valence-electron chi connectivity index (χ3n) is 5.32. The van der Waals surface area contributed by atoms with Crippen molar-refractivity contribution in [3.05, 3.63) is 95.1 Å². The van der Waals surface area contributed by atoms with Gasteiger partial charge in [0.15, 0.2) is 0 Å². The SMILES string of the molecule is Cc1ccc([C@H]2c3c(-c4ccccc4O)n[nH]c3C(=O)N2Cc2ccco2)cc1. The Bertz CT molecular complexity index is 1180. The molecule has 6 heteroatoms. The number of hydrogen-bond donors (Lipinski definition) is 2. The number of furan rings is 1. The van der Waals surface area contributed by atoms with E-state index in [0.29, 0.717) is 29.3 Å². The van der Waals surface area contributed by atoms with Crippen molar-refractivity contribution < 1.29 is 14.3 Å². The Labute approximate surface area is 167 Å². The van der Waals surface area contributed by atoms with Crippen molar-refractivity contribution in [3.63, 3.8) is 0 Å². The number of para-hydroxylation sites is 1. The van der Waals surface area contributed by atoms with Crippen LogP contribution in [0.2, 0.25) is 0 Å². The van der Waals surface area contributed by atoms with Crippen LogP contribution in [0, 0.1) is 6.92 Å². The Balaban J connectivity index is 1.68. The average Bonchev–Trinajstić information content (AvgIpc) is 3.44. The predicted octanol–water partition coefficient (Wildman–Crippen LogP) is 4.43. The molecule has 0 saturated carbocycles. The second kappa shape index (κ2) is 6.67. The Morgan fingerprint density at radius 3 is 2.62 bits per heavy atom. The predicted molar refractivity (Wildman–Crippen MR) is 107 cm³/mol. The summed E-state index contributed by atoms with van der Waals surface area (Å²) in [6.45, 7) is 2.37. The number of amides is 1. The number of fused-ring (bicyclic) bond motifs is 1. The maximum Gasteiger partial charge on any atom is 0.273 e. The lowest BCUT2D eigenvalue weighted by Gasteiger charge is -2.25. The van der Waals surface area contributed by atoms with Gasteiger partial charge < -0.3 is 14.4 Å². The minimum Gasteiger partial charge on any atom is -0.507 e. The number of phenols is 1. The van der Waals surface area contributed by atoms with Crippen molar-refractivity contribution in [3.8, 4) is 17.0 Å². The van der Waals surface area contributed by atoms with E-state index >= 15 is 0 Å². The van der Waals surface area contributed by atoms with E-state index in [-0.39, 0.29) is 17.7 Å². The van der Waals surface area contributed by atoms with Gasteiger partial charge in [-0.25, -0.2) is 0 Å². The number of carbonyl (C=O) groups is 1. The van der Waals surface area contributed by atoms with Crippen molar-refractivity contribution >= 4 is 5.91 Å². The monoisotopic (exact) mass is 385 g/mol. The fourth-order valence-electron chi connectivity index (χ4n) is 3.90. The molecule has 1 amide bonds. The number of carbonyl (C=O) groups excluding carboxylic acids is 1. The minimum absolute atomic E-state index is 0.126. The normalized spacial score (nSPS) is 15.7. The number of aryl methyl sites for hydroxylation is 1. The molecule has 2 aromatic carbocycles. The largest absolute Gasteiger partial charge is 0.507 e. The Morgan fingerprint density at radius 2 is 1.90 bits per heavy atom. The van der Waals surface area contributed by atoms with E-state index in [4.69, 9.17) is 4.42 Å². The summed E-state index contributed by atoms with van der Waals surface area (Å²) in [5.74, 6) is 0.690. The fourth-order valence-corrected chi connectivity index (χ4v) is 3.90. The van der Waals surface area contributed by atoms with Crippen LogP contribution >= 0.6 is 0 Å². The smallest absolute Gasteiger partial charge is 0.273 e. The van der Waals surface area contributed by atoms with Crippen molar-refractivity contribution in [2.45, 2.75) is 19.5 Å². The van der Waals surface area contributed by atoms with Crippen molar-refractivity contribution in [1.29, 1.82) is 0 Å². The number of hydrogen-bond acceptors (Lipinski definition) is 4. The van der Waals surface area contributed by atoms with E-state index in [1.165, 1.54) is 0 Å². The molecule has 1 aliphatic rings. The van der Waals surface area contributed by atoms with Crippen LogP contribution in [0.4, 0.5) is 0 Å². The number of phenolic OH excluding ortho intramolecular Hbond substituents is 1. The summed E-state index contributed by atoms with van der Waals surface area (Å²) in [5, 5.41) is 17.7. The molecule has 0 unspecified atom stereocenters. The van der Waals surface area contributed by atoms with Gasteiger partial charge in [0.05, 0.1) is 18.8 Å². The molecule has 29 heavy (non-hydrogen) atoms. The lowest BCUT2D eigenvalue weighted by molar-refractivity contribution is 0.0717. The number of aromatic amines is 1. The molecule has 0 spiro atoms. The molecule has 2 N–H and O–H groups in total. The van der Waals surface area contributed by atoms with E-state index in [0.717, 1.165) is 16.7 Å². The zero-order valence-electron chi connectivity index (χ0n) is 15.8. The van der Waals surface area contributed by atoms with Gasteiger partial charge in [0.2, 0.25) is 0 Å². The molecule has 144 valence electrons. The van der Waals surface area contributed by atoms with E-state index in [1.54, 1.807) is 29.4 Å². The maximum atomic E-state index is 13.3. The van der Waals surface area contributed by atoms with Gasteiger partial charge in [0, 0.05) is 11.1 Å². The average molecular weight is 385 g/mol. The van der Waals surface area contributed by atoms with Crippen LogP contribution < -0.4 is 0 Å². The van der Waals surface area contributed by atoms with Crippen molar-refractivity contribution in [2.24, 2.45) is 0 Å². The number of benzene rings is 2. The lowest BCUT2D eigenvalue weighted by Crippen LogP contribution is -2.28. The molecule has 1 aliphatic heterocycles. The van der Waals surface area contributed by atoms with Crippen LogP contribution in [0.1, 0.15) is 39.0 Å². The third kappa shape index (κ3) is 2.81. The molecule has 0 fully saturated rings. The quantitative estimate of drug-likeness (QED) is 0.544. The number of nitrogens with one attached hydrogen (secondary N) is 1. The number of aromatic nitrogens is 2. The molecule has 0 saturated heterocycles. The fraction of sp³-hybridized carbons (Fsp3) is 0.130. The Kier molecular flexibility index (Phi) is 3.98. The van der Waals surface area contributed by atoms with Crippen LogP contribution in [0.15, 0.2) is 71.3 Å². The Hall–Kier alpha value is -3.80. The molecule has 2 aromatic heterocycles. The van der Waals surface area contributed by atoms with E-state index < -0.39 is 0 Å². The molecule has 0 radical (unpaired) electrons. The maximum absolute atomic E-state index is 13.3. The second-order valence-electron chi connectivity index (χ2n) is 7.20. The standard InChI is InChI=1S/C23H19N3O3/c1-14-8-10-15(11-9-14)22-19-20(17-6-2-3-7-18(17)27)24-25-21(19)23(28)26(22)13-16-5-4-12-29-16/h2-12,22,27H,13H2,1H3,(H,24,25)/t22-/m0/s1. The van der Waals surface area contributed by atoms with Crippen LogP contribution in [-0.2, 0) is 6.54 Å². The second-order valence-corrected chi connectivity index (χ2v) is 7.20. The van der Waals surface area contributed by atoms with Crippen molar-refractivity contribution in [1.82, 2.24) is 15.1 Å². The van der Waals surface area contributed by atoms with Crippen LogP contribution in [0.25, 0.3) is 11.3 Å². The molecule has 0 aliphatic carbocycles. The molecule has 5 rings (SSSR count). The molecule has 3 heterocycles. The summed E-state index contributed by atoms with van der Waals surface area (Å²) in [4.78, 5) is 15.0. The van der Waals surface area contributed by atoms with Crippen LogP contribution in [0.5, 0.6) is 5.75 Å². The minimum atomic E-state index is -0.337. The lowest BCUT2D eigenvalue weighted by atomic mass is 9.95. The number of aromatic hydroxyl groups is 1.